The van der Waals surface area contributed by atoms with Crippen LogP contribution >= 0.6 is 11.6 Å². The van der Waals surface area contributed by atoms with Crippen LogP contribution in [0.15, 0.2) is 12.3 Å². The van der Waals surface area contributed by atoms with Crippen LogP contribution in [0.3, 0.4) is 0 Å². The molecule has 2 rings (SSSR count). The van der Waals surface area contributed by atoms with Gasteiger partial charge in [0.15, 0.2) is 5.65 Å². The van der Waals surface area contributed by atoms with Gasteiger partial charge >= 0.3 is 0 Å². The monoisotopic (exact) mass is 279 g/mol. The summed E-state index contributed by atoms with van der Waals surface area (Å²) < 4.78 is 2.20. The molecule has 19 heavy (non-hydrogen) atoms. The number of hydrogen-bond acceptors (Lipinski definition) is 2. The van der Waals surface area contributed by atoms with Crippen molar-refractivity contribution < 1.29 is 0 Å². The lowest BCUT2D eigenvalue weighted by Crippen LogP contribution is -2.12. The fourth-order valence-electron chi connectivity index (χ4n) is 2.54. The molecule has 2 heterocycles. The minimum atomic E-state index is 0.379. The Labute approximate surface area is 120 Å². The highest BCUT2D eigenvalue weighted by molar-refractivity contribution is 6.16. The first-order valence-electron chi connectivity index (χ1n) is 6.96. The Morgan fingerprint density at radius 1 is 1.37 bits per heavy atom. The predicted octanol–water partition coefficient (Wildman–Crippen LogP) is 4.48. The Hall–Kier alpha value is -1.09. The number of fused-ring (bicyclic) bond motifs is 1. The van der Waals surface area contributed by atoms with Crippen molar-refractivity contribution in [2.75, 3.05) is 0 Å². The van der Waals surface area contributed by atoms with Gasteiger partial charge in [0.25, 0.3) is 0 Å². The van der Waals surface area contributed by atoms with E-state index >= 15 is 0 Å². The van der Waals surface area contributed by atoms with E-state index in [1.807, 2.05) is 13.1 Å². The summed E-state index contributed by atoms with van der Waals surface area (Å²) in [5.74, 6) is 2.05. The van der Waals surface area contributed by atoms with Crippen molar-refractivity contribution in [1.82, 2.24) is 14.5 Å². The number of rotatable bonds is 5. The van der Waals surface area contributed by atoms with Crippen LogP contribution in [0.25, 0.3) is 11.2 Å². The van der Waals surface area contributed by atoms with E-state index in [9.17, 15) is 0 Å². The molecule has 2 unspecified atom stereocenters. The molecule has 0 aliphatic rings. The van der Waals surface area contributed by atoms with Gasteiger partial charge in [-0.25, -0.2) is 9.97 Å². The molecule has 0 radical (unpaired) electrons. The van der Waals surface area contributed by atoms with Crippen molar-refractivity contribution in [2.45, 2.75) is 52.5 Å². The first-order valence-corrected chi connectivity index (χ1v) is 7.49. The Balaban J connectivity index is 2.45. The second kappa shape index (κ2) is 5.91. The number of aryl methyl sites for hydroxylation is 1. The minimum absolute atomic E-state index is 0.379. The van der Waals surface area contributed by atoms with E-state index in [0.29, 0.717) is 17.8 Å². The van der Waals surface area contributed by atoms with Crippen molar-refractivity contribution in [3.05, 3.63) is 23.7 Å². The molecule has 2 aromatic rings. The van der Waals surface area contributed by atoms with E-state index in [1.54, 1.807) is 0 Å². The van der Waals surface area contributed by atoms with Crippen LogP contribution in [-0.2, 0) is 5.88 Å². The zero-order valence-corrected chi connectivity index (χ0v) is 12.9. The van der Waals surface area contributed by atoms with Crippen molar-refractivity contribution in [3.8, 4) is 0 Å². The average molecular weight is 280 g/mol. The highest BCUT2D eigenvalue weighted by atomic mass is 35.5. The van der Waals surface area contributed by atoms with Crippen LogP contribution < -0.4 is 0 Å². The molecule has 0 saturated carbocycles. The lowest BCUT2D eigenvalue weighted by molar-refractivity contribution is 0.398. The molecule has 2 atom stereocenters. The number of aromatic nitrogens is 3. The summed E-state index contributed by atoms with van der Waals surface area (Å²) in [5, 5.41) is 0. The third kappa shape index (κ3) is 2.92. The third-order valence-electron chi connectivity index (χ3n) is 3.74. The maximum absolute atomic E-state index is 6.05. The van der Waals surface area contributed by atoms with Gasteiger partial charge in [0.2, 0.25) is 0 Å². The molecule has 0 N–H and O–H groups in total. The van der Waals surface area contributed by atoms with Crippen LogP contribution in [0.4, 0.5) is 0 Å². The second-order valence-electron chi connectivity index (χ2n) is 5.49. The number of hydrogen-bond donors (Lipinski definition) is 0. The zero-order valence-electron chi connectivity index (χ0n) is 12.2. The summed E-state index contributed by atoms with van der Waals surface area (Å²) in [6, 6.07) is 2.45. The van der Waals surface area contributed by atoms with Gasteiger partial charge in [0, 0.05) is 12.2 Å². The Morgan fingerprint density at radius 2 is 2.11 bits per heavy atom. The van der Waals surface area contributed by atoms with Gasteiger partial charge in [0.05, 0.1) is 5.88 Å². The number of alkyl halides is 1. The summed E-state index contributed by atoms with van der Waals surface area (Å²) in [5.41, 5.74) is 3.04. The molecular weight excluding hydrogens is 258 g/mol. The molecule has 0 aromatic carbocycles. The topological polar surface area (TPSA) is 30.7 Å². The first-order chi connectivity index (χ1) is 9.06. The molecule has 0 aliphatic carbocycles. The van der Waals surface area contributed by atoms with E-state index in [0.717, 1.165) is 29.0 Å². The largest absolute Gasteiger partial charge is 0.309 e. The van der Waals surface area contributed by atoms with Crippen molar-refractivity contribution >= 4 is 22.8 Å². The number of halogens is 1. The quantitative estimate of drug-likeness (QED) is 0.756. The van der Waals surface area contributed by atoms with E-state index in [4.69, 9.17) is 11.6 Å². The minimum Gasteiger partial charge on any atom is -0.309 e. The maximum atomic E-state index is 6.05. The van der Waals surface area contributed by atoms with Gasteiger partial charge in [-0.2, -0.15) is 0 Å². The number of nitrogens with zero attached hydrogens (tertiary/aromatic N) is 3. The molecule has 0 spiro atoms. The smallest absolute Gasteiger partial charge is 0.160 e. The van der Waals surface area contributed by atoms with Crippen LogP contribution in [0.2, 0.25) is 0 Å². The van der Waals surface area contributed by atoms with Crippen molar-refractivity contribution in [1.29, 1.82) is 0 Å². The molecule has 3 nitrogen and oxygen atoms in total. The maximum Gasteiger partial charge on any atom is 0.160 e. The van der Waals surface area contributed by atoms with Gasteiger partial charge in [0.1, 0.15) is 11.3 Å². The summed E-state index contributed by atoms with van der Waals surface area (Å²) >= 11 is 6.05. The standard InChI is InChI=1S/C15H22ClN3/c1-5-10(2)6-12(4)19-14(8-16)18-13-7-11(3)9-17-15(13)19/h7,9-10,12H,5-6,8H2,1-4H3. The van der Waals surface area contributed by atoms with E-state index in [2.05, 4.69) is 41.4 Å². The van der Waals surface area contributed by atoms with Crippen LogP contribution in [-0.4, -0.2) is 14.5 Å². The molecule has 0 saturated heterocycles. The predicted molar refractivity (Wildman–Crippen MR) is 80.6 cm³/mol. The fraction of sp³-hybridized carbons (Fsp3) is 0.600. The highest BCUT2D eigenvalue weighted by Crippen LogP contribution is 2.26. The van der Waals surface area contributed by atoms with E-state index in [-0.39, 0.29) is 0 Å². The van der Waals surface area contributed by atoms with E-state index in [1.165, 1.54) is 6.42 Å². The molecule has 2 aromatic heterocycles. The zero-order chi connectivity index (χ0) is 14.0. The molecule has 0 amide bonds. The lowest BCUT2D eigenvalue weighted by atomic mass is 10.0. The lowest BCUT2D eigenvalue weighted by Gasteiger charge is -2.19. The third-order valence-corrected chi connectivity index (χ3v) is 3.98. The van der Waals surface area contributed by atoms with Crippen LogP contribution in [0, 0.1) is 12.8 Å². The second-order valence-corrected chi connectivity index (χ2v) is 5.75. The number of pyridine rings is 1. The Morgan fingerprint density at radius 3 is 2.74 bits per heavy atom. The average Bonchev–Trinajstić information content (AvgIpc) is 2.75. The Bertz CT molecular complexity index is 562. The van der Waals surface area contributed by atoms with Gasteiger partial charge in [-0.1, -0.05) is 20.3 Å². The van der Waals surface area contributed by atoms with E-state index < -0.39 is 0 Å². The van der Waals surface area contributed by atoms with Crippen molar-refractivity contribution in [3.63, 3.8) is 0 Å². The van der Waals surface area contributed by atoms with Crippen LogP contribution in [0.1, 0.15) is 51.0 Å². The van der Waals surface area contributed by atoms with Gasteiger partial charge in [-0.15, -0.1) is 11.6 Å². The van der Waals surface area contributed by atoms with Crippen molar-refractivity contribution in [2.24, 2.45) is 5.92 Å². The molecule has 104 valence electrons. The summed E-state index contributed by atoms with van der Waals surface area (Å²) in [6.07, 6.45) is 4.22. The first kappa shape index (κ1) is 14.3. The highest BCUT2D eigenvalue weighted by Gasteiger charge is 2.17. The molecule has 0 aliphatic heterocycles. The van der Waals surface area contributed by atoms with Gasteiger partial charge < -0.3 is 4.57 Å². The normalized spacial score (nSPS) is 14.8. The molecule has 0 bridgehead atoms. The molecule has 4 heteroatoms. The molecule has 0 fully saturated rings. The molecular formula is C15H22ClN3. The van der Waals surface area contributed by atoms with Crippen LogP contribution in [0.5, 0.6) is 0 Å². The summed E-state index contributed by atoms with van der Waals surface area (Å²) in [7, 11) is 0. The fourth-order valence-corrected chi connectivity index (χ4v) is 2.73. The summed E-state index contributed by atoms with van der Waals surface area (Å²) in [4.78, 5) is 9.16. The summed E-state index contributed by atoms with van der Waals surface area (Å²) in [6.45, 7) is 8.78. The Kier molecular flexibility index (Phi) is 4.46. The SMILES string of the molecule is CCC(C)CC(C)n1c(CCl)nc2cc(C)cnc21. The van der Waals surface area contributed by atoms with Gasteiger partial charge in [-0.05, 0) is 37.8 Å². The van der Waals surface area contributed by atoms with Gasteiger partial charge in [-0.3, -0.25) is 0 Å². The number of imidazole rings is 1.